The summed E-state index contributed by atoms with van der Waals surface area (Å²) in [5.41, 5.74) is 4.01. The Morgan fingerprint density at radius 3 is 1.36 bits per heavy atom. The van der Waals surface area contributed by atoms with Crippen LogP contribution in [-0.4, -0.2) is 31.5 Å². The molecular weight excluding hydrogens is 352 g/mol. The molecule has 0 saturated carbocycles. The summed E-state index contributed by atoms with van der Waals surface area (Å²) in [7, 11) is 0. The zero-order valence-electron chi connectivity index (χ0n) is 14.6. The monoisotopic (exact) mass is 366 g/mol. The van der Waals surface area contributed by atoms with E-state index >= 15 is 0 Å². The Morgan fingerprint density at radius 2 is 0.964 bits per heavy atom. The van der Waals surface area contributed by atoms with Gasteiger partial charge in [0.1, 0.15) is 0 Å². The molecule has 0 bridgehead atoms. The molecule has 134 valence electrons. The van der Waals surface area contributed by atoms with Crippen molar-refractivity contribution in [1.29, 1.82) is 0 Å². The minimum absolute atomic E-state index is 0.223. The van der Waals surface area contributed by atoms with Crippen LogP contribution in [0, 0.1) is 0 Å². The van der Waals surface area contributed by atoms with Crippen molar-refractivity contribution in [1.82, 2.24) is 19.9 Å². The number of imidazole rings is 2. The van der Waals surface area contributed by atoms with Gasteiger partial charge in [0.05, 0.1) is 22.1 Å². The number of hydrogen-bond acceptors (Lipinski definition) is 4. The molecule has 28 heavy (non-hydrogen) atoms. The fourth-order valence-electron chi connectivity index (χ4n) is 3.17. The zero-order chi connectivity index (χ0) is 19.1. The molecule has 3 aromatic carbocycles. The number of benzene rings is 3. The highest BCUT2D eigenvalue weighted by molar-refractivity contribution is 6.10. The van der Waals surface area contributed by atoms with Gasteiger partial charge in [0.25, 0.3) is 0 Å². The van der Waals surface area contributed by atoms with Crippen LogP contribution in [0.2, 0.25) is 0 Å². The predicted octanol–water partition coefficient (Wildman–Crippen LogP) is 3.90. The Morgan fingerprint density at radius 1 is 0.571 bits per heavy atom. The number of para-hydroxylation sites is 4. The van der Waals surface area contributed by atoms with Crippen molar-refractivity contribution in [2.75, 3.05) is 0 Å². The van der Waals surface area contributed by atoms with Crippen LogP contribution >= 0.6 is 0 Å². The van der Waals surface area contributed by atoms with Crippen molar-refractivity contribution >= 4 is 33.6 Å². The van der Waals surface area contributed by atoms with Crippen LogP contribution in [0.5, 0.6) is 0 Å². The number of aromatic amines is 2. The molecule has 2 aromatic heterocycles. The molecule has 6 nitrogen and oxygen atoms in total. The Hall–Kier alpha value is -4.06. The van der Waals surface area contributed by atoms with Gasteiger partial charge < -0.3 is 9.97 Å². The molecule has 0 atom stereocenters. The molecule has 0 amide bonds. The lowest BCUT2D eigenvalue weighted by atomic mass is 10.1. The van der Waals surface area contributed by atoms with Crippen molar-refractivity contribution in [3.05, 3.63) is 95.6 Å². The number of H-pyrrole nitrogens is 2. The summed E-state index contributed by atoms with van der Waals surface area (Å²) in [4.78, 5) is 40.1. The Balaban J connectivity index is 1.43. The van der Waals surface area contributed by atoms with E-state index in [1.54, 1.807) is 24.3 Å². The number of nitrogens with zero attached hydrogens (tertiary/aromatic N) is 2. The Bertz CT molecular complexity index is 1180. The van der Waals surface area contributed by atoms with Gasteiger partial charge in [-0.3, -0.25) is 9.59 Å². The van der Waals surface area contributed by atoms with Gasteiger partial charge in [0.2, 0.25) is 11.6 Å². The van der Waals surface area contributed by atoms with Gasteiger partial charge in [-0.25, -0.2) is 9.97 Å². The molecule has 2 N–H and O–H groups in total. The molecule has 0 aliphatic rings. The maximum Gasteiger partial charge on any atom is 0.228 e. The van der Waals surface area contributed by atoms with Crippen LogP contribution in [0.25, 0.3) is 22.1 Å². The summed E-state index contributed by atoms with van der Waals surface area (Å²) >= 11 is 0. The number of nitrogens with one attached hydrogen (secondary N) is 2. The van der Waals surface area contributed by atoms with Crippen molar-refractivity contribution in [2.24, 2.45) is 0 Å². The van der Waals surface area contributed by atoms with Gasteiger partial charge in [-0.05, 0) is 24.3 Å². The summed E-state index contributed by atoms with van der Waals surface area (Å²) in [6.07, 6.45) is 0. The number of carbonyl (C=O) groups excluding carboxylic acids is 2. The highest BCUT2D eigenvalue weighted by Crippen LogP contribution is 2.17. The maximum absolute atomic E-state index is 12.7. The van der Waals surface area contributed by atoms with E-state index in [1.807, 2.05) is 48.5 Å². The molecule has 0 aliphatic heterocycles. The number of hydrogen-bond donors (Lipinski definition) is 2. The van der Waals surface area contributed by atoms with Crippen molar-refractivity contribution in [3.8, 4) is 0 Å². The lowest BCUT2D eigenvalue weighted by Gasteiger charge is -2.01. The van der Waals surface area contributed by atoms with Crippen LogP contribution < -0.4 is 0 Å². The van der Waals surface area contributed by atoms with E-state index in [4.69, 9.17) is 0 Å². The first-order valence-electron chi connectivity index (χ1n) is 8.78. The third-order valence-electron chi connectivity index (χ3n) is 4.62. The van der Waals surface area contributed by atoms with Gasteiger partial charge in [-0.2, -0.15) is 0 Å². The first kappa shape index (κ1) is 16.1. The van der Waals surface area contributed by atoms with Gasteiger partial charge in [-0.1, -0.05) is 48.5 Å². The minimum Gasteiger partial charge on any atom is -0.335 e. The Kier molecular flexibility index (Phi) is 3.62. The average Bonchev–Trinajstić information content (AvgIpc) is 3.37. The second-order valence-electron chi connectivity index (χ2n) is 6.44. The van der Waals surface area contributed by atoms with Crippen molar-refractivity contribution in [2.45, 2.75) is 0 Å². The van der Waals surface area contributed by atoms with Crippen LogP contribution in [0.3, 0.4) is 0 Å². The molecule has 6 heteroatoms. The fraction of sp³-hybridized carbons (Fsp3) is 0. The summed E-state index contributed by atoms with van der Waals surface area (Å²) in [6, 6.07) is 21.5. The van der Waals surface area contributed by atoms with E-state index < -0.39 is 0 Å². The number of rotatable bonds is 4. The maximum atomic E-state index is 12.7. The van der Waals surface area contributed by atoms with Crippen LogP contribution in [0.4, 0.5) is 0 Å². The normalized spacial score (nSPS) is 11.1. The van der Waals surface area contributed by atoms with Gasteiger partial charge in [-0.15, -0.1) is 0 Å². The molecule has 5 aromatic rings. The Labute approximate surface area is 159 Å². The number of carbonyl (C=O) groups is 2. The molecule has 0 aliphatic carbocycles. The zero-order valence-corrected chi connectivity index (χ0v) is 14.6. The predicted molar refractivity (Wildman–Crippen MR) is 105 cm³/mol. The summed E-state index contributed by atoms with van der Waals surface area (Å²) in [5.74, 6) is 0.105. The largest absolute Gasteiger partial charge is 0.335 e. The molecule has 0 unspecified atom stereocenters. The molecule has 5 rings (SSSR count). The second kappa shape index (κ2) is 6.28. The van der Waals surface area contributed by atoms with E-state index in [9.17, 15) is 9.59 Å². The first-order valence-corrected chi connectivity index (χ1v) is 8.78. The highest BCUT2D eigenvalue weighted by atomic mass is 16.1. The molecule has 2 heterocycles. The SMILES string of the molecule is O=C(c1ccc(C(=O)c2nc3ccccc3[nH]2)cc1)c1nc2ccccc2[nH]1. The summed E-state index contributed by atoms with van der Waals surface area (Å²) < 4.78 is 0. The fourth-order valence-corrected chi connectivity index (χ4v) is 3.17. The summed E-state index contributed by atoms with van der Waals surface area (Å²) in [6.45, 7) is 0. The molecule has 0 saturated heterocycles. The first-order chi connectivity index (χ1) is 13.7. The van der Waals surface area contributed by atoms with E-state index in [0.717, 1.165) is 22.1 Å². The lowest BCUT2D eigenvalue weighted by Crippen LogP contribution is -2.06. The third kappa shape index (κ3) is 2.68. The number of aromatic nitrogens is 4. The van der Waals surface area contributed by atoms with Crippen molar-refractivity contribution in [3.63, 3.8) is 0 Å². The van der Waals surface area contributed by atoms with Gasteiger partial charge in [0.15, 0.2) is 11.6 Å². The van der Waals surface area contributed by atoms with Gasteiger partial charge >= 0.3 is 0 Å². The number of ketones is 2. The minimum atomic E-state index is -0.223. The molecule has 0 radical (unpaired) electrons. The van der Waals surface area contributed by atoms with E-state index in [0.29, 0.717) is 11.1 Å². The topological polar surface area (TPSA) is 91.5 Å². The standard InChI is InChI=1S/C22H14N4O2/c27-19(21-23-15-5-1-2-6-16(15)24-21)13-9-11-14(12-10-13)20(28)22-25-17-7-3-4-8-18(17)26-22/h1-12H,(H,23,24)(H,25,26). The van der Waals surface area contributed by atoms with Crippen LogP contribution in [0.15, 0.2) is 72.8 Å². The quantitative estimate of drug-likeness (QED) is 0.472. The third-order valence-corrected chi connectivity index (χ3v) is 4.62. The lowest BCUT2D eigenvalue weighted by molar-refractivity contribution is 0.101. The average molecular weight is 366 g/mol. The highest BCUT2D eigenvalue weighted by Gasteiger charge is 2.17. The molecular formula is C22H14N4O2. The summed E-state index contributed by atoms with van der Waals surface area (Å²) in [5, 5.41) is 0. The molecule has 0 fully saturated rings. The van der Waals surface area contributed by atoms with E-state index in [-0.39, 0.29) is 23.2 Å². The second-order valence-corrected chi connectivity index (χ2v) is 6.44. The van der Waals surface area contributed by atoms with Crippen LogP contribution in [0.1, 0.15) is 32.4 Å². The number of fused-ring (bicyclic) bond motifs is 2. The van der Waals surface area contributed by atoms with Gasteiger partial charge in [0, 0.05) is 11.1 Å². The molecule has 0 spiro atoms. The van der Waals surface area contributed by atoms with E-state index in [1.165, 1.54) is 0 Å². The van der Waals surface area contributed by atoms with Crippen LogP contribution in [-0.2, 0) is 0 Å². The smallest absolute Gasteiger partial charge is 0.228 e. The van der Waals surface area contributed by atoms with Crippen molar-refractivity contribution < 1.29 is 9.59 Å². The van der Waals surface area contributed by atoms with E-state index in [2.05, 4.69) is 19.9 Å².